The minimum atomic E-state index is -3.70. The number of hydrogen-bond donors (Lipinski definition) is 3. The number of fused-ring (bicyclic) bond motifs is 1. The number of anilines is 1. The SMILES string of the molecule is CC(C)C(=O)c1ccccc1.NS(=O)(=O)c1ccc2c(c1)C(O)CCN2. The number of rotatable bonds is 3. The number of nitrogens with two attached hydrogens (primary N) is 1. The average molecular weight is 376 g/mol. The van der Waals surface area contributed by atoms with E-state index in [4.69, 9.17) is 5.14 Å². The van der Waals surface area contributed by atoms with E-state index in [1.807, 2.05) is 44.2 Å². The number of nitrogens with one attached hydrogen (secondary N) is 1. The van der Waals surface area contributed by atoms with Gasteiger partial charge < -0.3 is 10.4 Å². The standard InChI is InChI=1S/C10H12O.C9H12N2O3S/c1-8(2)10(11)9-6-4-3-5-7-9;10-15(13,14)6-1-2-8-7(5-6)9(12)3-4-11-8/h3-8H,1-2H3;1-2,5,9,11-12H,3-4H2,(H2,10,13,14). The second-order valence-corrected chi connectivity index (χ2v) is 7.97. The molecule has 140 valence electrons. The zero-order valence-corrected chi connectivity index (χ0v) is 15.7. The van der Waals surface area contributed by atoms with Crippen molar-refractivity contribution in [2.24, 2.45) is 11.1 Å². The Morgan fingerprint density at radius 1 is 1.19 bits per heavy atom. The van der Waals surface area contributed by atoms with E-state index in [1.165, 1.54) is 12.1 Å². The van der Waals surface area contributed by atoms with Crippen LogP contribution in [0.1, 0.15) is 42.3 Å². The Hall–Kier alpha value is -2.22. The molecule has 0 bridgehead atoms. The second-order valence-electron chi connectivity index (χ2n) is 6.41. The maximum absolute atomic E-state index is 11.3. The van der Waals surface area contributed by atoms with Crippen LogP contribution in [-0.4, -0.2) is 25.9 Å². The first-order valence-electron chi connectivity index (χ1n) is 8.38. The topological polar surface area (TPSA) is 109 Å². The Bertz CT molecular complexity index is 864. The monoisotopic (exact) mass is 376 g/mol. The molecule has 1 aliphatic rings. The lowest BCUT2D eigenvalue weighted by atomic mass is 10.0. The summed E-state index contributed by atoms with van der Waals surface area (Å²) in [5, 5.41) is 17.8. The molecular formula is C19H24N2O4S. The van der Waals surface area contributed by atoms with Crippen LogP contribution in [0.15, 0.2) is 53.4 Å². The molecule has 0 radical (unpaired) electrons. The molecule has 2 aromatic carbocycles. The number of ketones is 1. The molecule has 3 rings (SSSR count). The van der Waals surface area contributed by atoms with E-state index < -0.39 is 16.1 Å². The molecular weight excluding hydrogens is 352 g/mol. The fraction of sp³-hybridized carbons (Fsp3) is 0.316. The smallest absolute Gasteiger partial charge is 0.238 e. The normalized spacial score (nSPS) is 16.1. The molecule has 0 aliphatic carbocycles. The van der Waals surface area contributed by atoms with E-state index >= 15 is 0 Å². The van der Waals surface area contributed by atoms with Crippen molar-refractivity contribution in [3.05, 3.63) is 59.7 Å². The summed E-state index contributed by atoms with van der Waals surface area (Å²) in [4.78, 5) is 11.4. The van der Waals surface area contributed by atoms with Crippen molar-refractivity contribution >= 4 is 21.5 Å². The van der Waals surface area contributed by atoms with Gasteiger partial charge in [-0.3, -0.25) is 4.79 Å². The van der Waals surface area contributed by atoms with Crippen molar-refractivity contribution in [2.45, 2.75) is 31.3 Å². The molecule has 0 saturated carbocycles. The van der Waals surface area contributed by atoms with Gasteiger partial charge in [0.1, 0.15) is 0 Å². The van der Waals surface area contributed by atoms with Crippen molar-refractivity contribution in [3.8, 4) is 0 Å². The molecule has 1 unspecified atom stereocenters. The molecule has 1 heterocycles. The minimum absolute atomic E-state index is 0.0315. The third kappa shape index (κ3) is 5.14. The number of hydrogen-bond acceptors (Lipinski definition) is 5. The largest absolute Gasteiger partial charge is 0.388 e. The van der Waals surface area contributed by atoms with Gasteiger partial charge in [-0.25, -0.2) is 13.6 Å². The summed E-state index contributed by atoms with van der Waals surface area (Å²) in [6, 6.07) is 13.9. The quantitative estimate of drug-likeness (QED) is 0.714. The zero-order valence-electron chi connectivity index (χ0n) is 14.8. The zero-order chi connectivity index (χ0) is 19.3. The van der Waals surface area contributed by atoms with Gasteiger partial charge in [0.25, 0.3) is 0 Å². The number of sulfonamides is 1. The Kier molecular flexibility index (Phi) is 6.52. The van der Waals surface area contributed by atoms with Gasteiger partial charge in [-0.1, -0.05) is 44.2 Å². The predicted molar refractivity (Wildman–Crippen MR) is 101 cm³/mol. The van der Waals surface area contributed by atoms with Crippen LogP contribution in [0.4, 0.5) is 5.69 Å². The maximum atomic E-state index is 11.3. The van der Waals surface area contributed by atoms with Gasteiger partial charge in [0.2, 0.25) is 10.0 Å². The lowest BCUT2D eigenvalue weighted by Gasteiger charge is -2.23. The van der Waals surface area contributed by atoms with Crippen LogP contribution < -0.4 is 10.5 Å². The van der Waals surface area contributed by atoms with Crippen LogP contribution in [0.3, 0.4) is 0 Å². The first kappa shape index (κ1) is 20.1. The molecule has 26 heavy (non-hydrogen) atoms. The highest BCUT2D eigenvalue weighted by molar-refractivity contribution is 7.89. The molecule has 0 aromatic heterocycles. The molecule has 0 amide bonds. The molecule has 6 nitrogen and oxygen atoms in total. The summed E-state index contributed by atoms with van der Waals surface area (Å²) in [5.41, 5.74) is 2.16. The van der Waals surface area contributed by atoms with Crippen molar-refractivity contribution in [3.63, 3.8) is 0 Å². The lowest BCUT2D eigenvalue weighted by molar-refractivity contribution is 0.0939. The lowest BCUT2D eigenvalue weighted by Crippen LogP contribution is -2.18. The van der Waals surface area contributed by atoms with E-state index in [9.17, 15) is 18.3 Å². The van der Waals surface area contributed by atoms with Crippen LogP contribution in [-0.2, 0) is 10.0 Å². The van der Waals surface area contributed by atoms with Gasteiger partial charge in [-0.15, -0.1) is 0 Å². The number of benzene rings is 2. The fourth-order valence-electron chi connectivity index (χ4n) is 2.59. The Labute approximate surface area is 154 Å². The fourth-order valence-corrected chi connectivity index (χ4v) is 3.14. The molecule has 0 saturated heterocycles. The minimum Gasteiger partial charge on any atom is -0.388 e. The summed E-state index contributed by atoms with van der Waals surface area (Å²) in [7, 11) is -3.70. The maximum Gasteiger partial charge on any atom is 0.238 e. The van der Waals surface area contributed by atoms with Crippen LogP contribution in [0.25, 0.3) is 0 Å². The molecule has 4 N–H and O–H groups in total. The van der Waals surface area contributed by atoms with Crippen molar-refractivity contribution < 1.29 is 18.3 Å². The number of aliphatic hydroxyl groups is 1. The molecule has 1 atom stereocenters. The number of aliphatic hydroxyl groups excluding tert-OH is 1. The van der Waals surface area contributed by atoms with E-state index in [1.54, 1.807) is 6.07 Å². The molecule has 7 heteroatoms. The van der Waals surface area contributed by atoms with E-state index in [2.05, 4.69) is 5.32 Å². The van der Waals surface area contributed by atoms with Crippen molar-refractivity contribution in [2.75, 3.05) is 11.9 Å². The first-order valence-corrected chi connectivity index (χ1v) is 9.92. The van der Waals surface area contributed by atoms with Gasteiger partial charge in [0.15, 0.2) is 5.78 Å². The second kappa shape index (κ2) is 8.44. The Morgan fingerprint density at radius 2 is 1.85 bits per heavy atom. The van der Waals surface area contributed by atoms with Gasteiger partial charge in [0, 0.05) is 29.3 Å². The molecule has 2 aromatic rings. The average Bonchev–Trinajstić information content (AvgIpc) is 2.61. The van der Waals surface area contributed by atoms with Gasteiger partial charge in [-0.2, -0.15) is 0 Å². The Morgan fingerprint density at radius 3 is 2.42 bits per heavy atom. The summed E-state index contributed by atoms with van der Waals surface area (Å²) >= 11 is 0. The Balaban J connectivity index is 0.000000197. The van der Waals surface area contributed by atoms with Crippen molar-refractivity contribution in [1.29, 1.82) is 0 Å². The van der Waals surface area contributed by atoms with E-state index in [0.29, 0.717) is 18.5 Å². The van der Waals surface area contributed by atoms with Crippen LogP contribution in [0.2, 0.25) is 0 Å². The third-order valence-electron chi connectivity index (χ3n) is 4.03. The summed E-state index contributed by atoms with van der Waals surface area (Å²) in [6.07, 6.45) is -0.0518. The van der Waals surface area contributed by atoms with Crippen LogP contribution >= 0.6 is 0 Å². The highest BCUT2D eigenvalue weighted by Gasteiger charge is 2.20. The van der Waals surface area contributed by atoms with Gasteiger partial charge >= 0.3 is 0 Å². The number of Topliss-reactive ketones (excluding diaryl/α,β-unsaturated/α-hetero) is 1. The summed E-state index contributed by atoms with van der Waals surface area (Å²) < 4.78 is 22.2. The number of carbonyl (C=O) groups excluding carboxylic acids is 1. The number of carbonyl (C=O) groups is 1. The van der Waals surface area contributed by atoms with Gasteiger partial charge in [-0.05, 0) is 24.6 Å². The highest BCUT2D eigenvalue weighted by Crippen LogP contribution is 2.31. The van der Waals surface area contributed by atoms with E-state index in [-0.39, 0.29) is 16.6 Å². The molecule has 0 fully saturated rings. The van der Waals surface area contributed by atoms with Gasteiger partial charge in [0.05, 0.1) is 11.0 Å². The first-order chi connectivity index (χ1) is 12.2. The summed E-state index contributed by atoms with van der Waals surface area (Å²) in [6.45, 7) is 4.51. The number of primary sulfonamides is 1. The third-order valence-corrected chi connectivity index (χ3v) is 4.94. The van der Waals surface area contributed by atoms with Crippen molar-refractivity contribution in [1.82, 2.24) is 0 Å². The molecule has 1 aliphatic heterocycles. The van der Waals surface area contributed by atoms with E-state index in [0.717, 1.165) is 11.3 Å². The summed E-state index contributed by atoms with van der Waals surface area (Å²) in [5.74, 6) is 0.308. The molecule has 0 spiro atoms. The van der Waals surface area contributed by atoms with Crippen LogP contribution in [0.5, 0.6) is 0 Å². The van der Waals surface area contributed by atoms with Crippen LogP contribution in [0, 0.1) is 5.92 Å². The predicted octanol–water partition coefficient (Wildman–Crippen LogP) is 2.71. The highest BCUT2D eigenvalue weighted by atomic mass is 32.2.